The highest BCUT2D eigenvalue weighted by molar-refractivity contribution is 5.96. The first-order valence-electron chi connectivity index (χ1n) is 6.61. The molecule has 0 spiro atoms. The van der Waals surface area contributed by atoms with Crippen LogP contribution in [0.25, 0.3) is 0 Å². The molecule has 1 saturated carbocycles. The van der Waals surface area contributed by atoms with Crippen LogP contribution in [0.1, 0.15) is 36.0 Å². The van der Waals surface area contributed by atoms with Gasteiger partial charge >= 0.3 is 12.0 Å². The van der Waals surface area contributed by atoms with Gasteiger partial charge in [0.2, 0.25) is 5.91 Å². The first-order valence-corrected chi connectivity index (χ1v) is 6.61. The summed E-state index contributed by atoms with van der Waals surface area (Å²) in [5.74, 6) is -1.52. The molecule has 1 aromatic rings. The molecule has 1 aliphatic rings. The summed E-state index contributed by atoms with van der Waals surface area (Å²) in [6, 6.07) is 5.75. The molecule has 1 fully saturated rings. The van der Waals surface area contributed by atoms with Crippen LogP contribution >= 0.6 is 0 Å². The van der Waals surface area contributed by atoms with Gasteiger partial charge in [0, 0.05) is 11.3 Å². The maximum Gasteiger partial charge on any atom is 0.319 e. The number of nitrogens with one attached hydrogen (secondary N) is 2. The van der Waals surface area contributed by atoms with Crippen LogP contribution in [-0.2, 0) is 4.79 Å². The number of primary amides is 1. The molecule has 0 radical (unpaired) electrons. The van der Waals surface area contributed by atoms with E-state index >= 15 is 0 Å². The minimum atomic E-state index is -0.939. The van der Waals surface area contributed by atoms with E-state index in [1.807, 2.05) is 0 Å². The highest BCUT2D eigenvalue weighted by Gasteiger charge is 2.40. The molecule has 0 atom stereocenters. The first-order chi connectivity index (χ1) is 9.90. The molecular weight excluding hydrogens is 274 g/mol. The SMILES string of the molecule is NC(=O)c1cccc(NC(=O)NC2(CC(=O)O)CCC2)c1. The number of urea groups is 1. The average molecular weight is 291 g/mol. The predicted octanol–water partition coefficient (Wildman–Crippen LogP) is 1.30. The molecule has 2 rings (SSSR count). The molecule has 1 aliphatic carbocycles. The van der Waals surface area contributed by atoms with E-state index in [2.05, 4.69) is 10.6 Å². The molecule has 7 nitrogen and oxygen atoms in total. The first kappa shape index (κ1) is 14.8. The second kappa shape index (κ2) is 5.82. The van der Waals surface area contributed by atoms with Gasteiger partial charge in [-0.2, -0.15) is 0 Å². The fourth-order valence-corrected chi connectivity index (χ4v) is 2.39. The molecule has 3 amide bonds. The Morgan fingerprint density at radius 3 is 2.52 bits per heavy atom. The summed E-state index contributed by atoms with van der Waals surface area (Å²) in [5, 5.41) is 14.2. The largest absolute Gasteiger partial charge is 0.481 e. The van der Waals surface area contributed by atoms with Gasteiger partial charge < -0.3 is 21.5 Å². The monoisotopic (exact) mass is 291 g/mol. The Morgan fingerprint density at radius 2 is 2.00 bits per heavy atom. The van der Waals surface area contributed by atoms with E-state index in [1.165, 1.54) is 6.07 Å². The van der Waals surface area contributed by atoms with Crippen molar-refractivity contribution < 1.29 is 19.5 Å². The van der Waals surface area contributed by atoms with Gasteiger partial charge in [0.1, 0.15) is 0 Å². The number of carboxylic acid groups (broad SMARTS) is 1. The molecule has 0 aromatic heterocycles. The van der Waals surface area contributed by atoms with Crippen molar-refractivity contribution in [2.75, 3.05) is 5.32 Å². The molecular formula is C14H17N3O4. The van der Waals surface area contributed by atoms with Crippen molar-refractivity contribution in [1.29, 1.82) is 0 Å². The Labute approximate surface area is 121 Å². The number of hydrogen-bond donors (Lipinski definition) is 4. The standard InChI is InChI=1S/C14H17N3O4/c15-12(20)9-3-1-4-10(7-9)16-13(21)17-14(5-2-6-14)8-11(18)19/h1,3-4,7H,2,5-6,8H2,(H2,15,20)(H,18,19)(H2,16,17,21). The number of carboxylic acids is 1. The van der Waals surface area contributed by atoms with E-state index in [1.54, 1.807) is 18.2 Å². The van der Waals surface area contributed by atoms with Crippen molar-refractivity contribution in [3.05, 3.63) is 29.8 Å². The summed E-state index contributed by atoms with van der Waals surface area (Å²) in [5.41, 5.74) is 5.21. The van der Waals surface area contributed by atoms with Crippen molar-refractivity contribution >= 4 is 23.6 Å². The van der Waals surface area contributed by atoms with Crippen LogP contribution in [0, 0.1) is 0 Å². The summed E-state index contributed by atoms with van der Waals surface area (Å²) in [6.45, 7) is 0. The lowest BCUT2D eigenvalue weighted by Gasteiger charge is -2.41. The van der Waals surface area contributed by atoms with E-state index in [9.17, 15) is 14.4 Å². The van der Waals surface area contributed by atoms with Crippen LogP contribution < -0.4 is 16.4 Å². The zero-order valence-electron chi connectivity index (χ0n) is 11.4. The summed E-state index contributed by atoms with van der Waals surface area (Å²) in [7, 11) is 0. The van der Waals surface area contributed by atoms with Crippen LogP contribution in [0.15, 0.2) is 24.3 Å². The van der Waals surface area contributed by atoms with Crippen LogP contribution in [0.2, 0.25) is 0 Å². The number of aliphatic carboxylic acids is 1. The Morgan fingerprint density at radius 1 is 1.29 bits per heavy atom. The van der Waals surface area contributed by atoms with Gasteiger partial charge in [-0.1, -0.05) is 6.07 Å². The summed E-state index contributed by atoms with van der Waals surface area (Å²) in [4.78, 5) is 33.9. The lowest BCUT2D eigenvalue weighted by Crippen LogP contribution is -2.55. The van der Waals surface area contributed by atoms with Gasteiger partial charge in [0.15, 0.2) is 0 Å². The maximum atomic E-state index is 12.0. The Hall–Kier alpha value is -2.57. The molecule has 0 bridgehead atoms. The number of amides is 3. The average Bonchev–Trinajstić information content (AvgIpc) is 2.35. The number of carbonyl (C=O) groups is 3. The summed E-state index contributed by atoms with van der Waals surface area (Å²) < 4.78 is 0. The minimum Gasteiger partial charge on any atom is -0.481 e. The molecule has 1 aromatic carbocycles. The molecule has 7 heteroatoms. The Bertz CT molecular complexity index is 581. The van der Waals surface area contributed by atoms with Gasteiger partial charge in [-0.3, -0.25) is 9.59 Å². The molecule has 0 aliphatic heterocycles. The second-order valence-electron chi connectivity index (χ2n) is 5.23. The molecule has 21 heavy (non-hydrogen) atoms. The van der Waals surface area contributed by atoms with E-state index < -0.39 is 23.4 Å². The van der Waals surface area contributed by atoms with Crippen molar-refractivity contribution in [2.24, 2.45) is 5.73 Å². The van der Waals surface area contributed by atoms with Crippen molar-refractivity contribution in [3.8, 4) is 0 Å². The highest BCUT2D eigenvalue weighted by atomic mass is 16.4. The minimum absolute atomic E-state index is 0.0955. The number of rotatable bonds is 5. The molecule has 112 valence electrons. The number of hydrogen-bond acceptors (Lipinski definition) is 3. The number of nitrogens with two attached hydrogens (primary N) is 1. The lowest BCUT2D eigenvalue weighted by atomic mass is 9.74. The Balaban J connectivity index is 1.99. The van der Waals surface area contributed by atoms with Crippen LogP contribution in [0.3, 0.4) is 0 Å². The summed E-state index contributed by atoms with van der Waals surface area (Å²) in [6.07, 6.45) is 2.09. The van der Waals surface area contributed by atoms with Gasteiger partial charge in [-0.05, 0) is 37.5 Å². The fourth-order valence-electron chi connectivity index (χ4n) is 2.39. The molecule has 0 heterocycles. The quantitative estimate of drug-likeness (QED) is 0.653. The summed E-state index contributed by atoms with van der Waals surface area (Å²) >= 11 is 0. The fraction of sp³-hybridized carbons (Fsp3) is 0.357. The second-order valence-corrected chi connectivity index (χ2v) is 5.23. The molecule has 0 saturated heterocycles. The van der Waals surface area contributed by atoms with Crippen LogP contribution in [-0.4, -0.2) is 28.6 Å². The van der Waals surface area contributed by atoms with Crippen LogP contribution in [0.5, 0.6) is 0 Å². The van der Waals surface area contributed by atoms with E-state index in [0.717, 1.165) is 6.42 Å². The number of carbonyl (C=O) groups excluding carboxylic acids is 2. The smallest absolute Gasteiger partial charge is 0.319 e. The van der Waals surface area contributed by atoms with E-state index in [-0.39, 0.29) is 12.0 Å². The third-order valence-electron chi connectivity index (χ3n) is 3.58. The highest BCUT2D eigenvalue weighted by Crippen LogP contribution is 2.34. The van der Waals surface area contributed by atoms with Crippen molar-refractivity contribution in [2.45, 2.75) is 31.2 Å². The van der Waals surface area contributed by atoms with Crippen molar-refractivity contribution in [1.82, 2.24) is 5.32 Å². The van der Waals surface area contributed by atoms with E-state index in [4.69, 9.17) is 10.8 Å². The lowest BCUT2D eigenvalue weighted by molar-refractivity contribution is -0.139. The molecule has 5 N–H and O–H groups in total. The zero-order valence-corrected chi connectivity index (χ0v) is 11.4. The van der Waals surface area contributed by atoms with Gasteiger partial charge in [0.05, 0.1) is 12.0 Å². The van der Waals surface area contributed by atoms with Crippen molar-refractivity contribution in [3.63, 3.8) is 0 Å². The topological polar surface area (TPSA) is 122 Å². The normalized spacial score (nSPS) is 15.6. The van der Waals surface area contributed by atoms with Gasteiger partial charge in [-0.15, -0.1) is 0 Å². The Kier molecular flexibility index (Phi) is 4.11. The number of anilines is 1. The zero-order chi connectivity index (χ0) is 15.5. The predicted molar refractivity (Wildman–Crippen MR) is 75.9 cm³/mol. The van der Waals surface area contributed by atoms with Gasteiger partial charge in [-0.25, -0.2) is 4.79 Å². The van der Waals surface area contributed by atoms with Gasteiger partial charge in [0.25, 0.3) is 0 Å². The van der Waals surface area contributed by atoms with Crippen LogP contribution in [0.4, 0.5) is 10.5 Å². The maximum absolute atomic E-state index is 12.0. The van der Waals surface area contributed by atoms with E-state index in [0.29, 0.717) is 18.5 Å². The third-order valence-corrected chi connectivity index (χ3v) is 3.58. The third kappa shape index (κ3) is 3.71. The molecule has 0 unspecified atom stereocenters. The number of benzene rings is 1.